The first-order valence-electron chi connectivity index (χ1n) is 10.5. The zero-order valence-electron chi connectivity index (χ0n) is 19.8. The third-order valence-corrected chi connectivity index (χ3v) is 5.14. The molecule has 0 spiro atoms. The molecule has 0 saturated carbocycles. The van der Waals surface area contributed by atoms with E-state index in [0.29, 0.717) is 22.1 Å². The smallest absolute Gasteiger partial charge is 0.227 e. The Morgan fingerprint density at radius 2 is 1.47 bits per heavy atom. The van der Waals surface area contributed by atoms with Gasteiger partial charge in [0.25, 0.3) is 0 Å². The monoisotopic (exact) mass is 460 g/mol. The van der Waals surface area contributed by atoms with Gasteiger partial charge in [0.2, 0.25) is 11.8 Å². The Balaban J connectivity index is 2.31. The van der Waals surface area contributed by atoms with Gasteiger partial charge in [-0.25, -0.2) is 0 Å². The van der Waals surface area contributed by atoms with Crippen LogP contribution >= 0.6 is 11.6 Å². The molecule has 32 heavy (non-hydrogen) atoms. The molecule has 0 aromatic heterocycles. The summed E-state index contributed by atoms with van der Waals surface area (Å²) in [5.74, 6) is 0.637. The van der Waals surface area contributed by atoms with Crippen molar-refractivity contribution in [3.8, 4) is 11.5 Å². The van der Waals surface area contributed by atoms with Crippen molar-refractivity contribution in [2.24, 2.45) is 10.8 Å². The van der Waals surface area contributed by atoms with Crippen LogP contribution in [-0.4, -0.2) is 18.9 Å². The molecule has 0 heterocycles. The van der Waals surface area contributed by atoms with E-state index in [1.165, 1.54) is 7.11 Å². The first-order chi connectivity index (χ1) is 14.8. The predicted octanol–water partition coefficient (Wildman–Crippen LogP) is 5.25. The third-order valence-electron chi connectivity index (χ3n) is 4.78. The molecule has 2 aromatic rings. The van der Waals surface area contributed by atoms with Crippen molar-refractivity contribution in [1.82, 2.24) is 10.6 Å². The second-order valence-electron chi connectivity index (χ2n) is 9.67. The van der Waals surface area contributed by atoms with Crippen LogP contribution in [0.15, 0.2) is 42.5 Å². The minimum Gasteiger partial charge on any atom is -0.493 e. The summed E-state index contributed by atoms with van der Waals surface area (Å²) in [6.07, 6.45) is -0.722. The third kappa shape index (κ3) is 6.89. The van der Waals surface area contributed by atoms with Crippen LogP contribution in [0.5, 0.6) is 11.5 Å². The lowest BCUT2D eigenvalue weighted by molar-refractivity contribution is -0.132. The maximum atomic E-state index is 12.7. The minimum absolute atomic E-state index is 0.185. The van der Waals surface area contributed by atoms with Crippen LogP contribution in [0.1, 0.15) is 58.8 Å². The Labute approximate surface area is 195 Å². The molecular formula is C25H33ClN2O4. The van der Waals surface area contributed by atoms with Gasteiger partial charge in [-0.15, -0.1) is 0 Å². The minimum atomic E-state index is -0.722. The fourth-order valence-electron chi connectivity index (χ4n) is 2.65. The van der Waals surface area contributed by atoms with Gasteiger partial charge in [-0.3, -0.25) is 9.59 Å². The molecule has 6 nitrogen and oxygen atoms in total. The van der Waals surface area contributed by atoms with Crippen LogP contribution in [0.2, 0.25) is 5.02 Å². The van der Waals surface area contributed by atoms with E-state index in [1.54, 1.807) is 24.3 Å². The summed E-state index contributed by atoms with van der Waals surface area (Å²) < 4.78 is 11.4. The highest BCUT2D eigenvalue weighted by molar-refractivity contribution is 6.31. The molecule has 0 unspecified atom stereocenters. The maximum Gasteiger partial charge on any atom is 0.227 e. The zero-order valence-corrected chi connectivity index (χ0v) is 20.6. The SMILES string of the molecule is COc1cc(C(NC(=O)C(C)(C)C)NC(=O)C(C)(C)C)ccc1OCc1ccccc1Cl. The number of nitrogens with one attached hydrogen (secondary N) is 2. The van der Waals surface area contributed by atoms with E-state index in [9.17, 15) is 9.59 Å². The molecule has 2 aromatic carbocycles. The molecule has 2 N–H and O–H groups in total. The summed E-state index contributed by atoms with van der Waals surface area (Å²) in [6.45, 7) is 11.2. The molecule has 0 saturated heterocycles. The number of amides is 2. The summed E-state index contributed by atoms with van der Waals surface area (Å²) in [5, 5.41) is 6.48. The first-order valence-corrected chi connectivity index (χ1v) is 10.9. The predicted molar refractivity (Wildman–Crippen MR) is 127 cm³/mol. The van der Waals surface area contributed by atoms with Gasteiger partial charge in [0.05, 0.1) is 7.11 Å². The van der Waals surface area contributed by atoms with Gasteiger partial charge in [0.15, 0.2) is 11.5 Å². The van der Waals surface area contributed by atoms with E-state index in [2.05, 4.69) is 10.6 Å². The molecule has 0 atom stereocenters. The average Bonchev–Trinajstić information content (AvgIpc) is 2.71. The molecule has 0 aliphatic rings. The van der Waals surface area contributed by atoms with Gasteiger partial charge in [0.1, 0.15) is 12.8 Å². The summed E-state index contributed by atoms with van der Waals surface area (Å²) in [4.78, 5) is 25.3. The second-order valence-corrected chi connectivity index (χ2v) is 10.1. The molecule has 7 heteroatoms. The normalized spacial score (nSPS) is 11.8. The Kier molecular flexibility index (Phi) is 8.18. The van der Waals surface area contributed by atoms with Crippen LogP contribution in [-0.2, 0) is 16.2 Å². The number of halogens is 1. The van der Waals surface area contributed by atoms with E-state index in [1.807, 2.05) is 59.7 Å². The lowest BCUT2D eigenvalue weighted by atomic mass is 9.94. The number of carbonyl (C=O) groups excluding carboxylic acids is 2. The summed E-state index contributed by atoms with van der Waals surface area (Å²) >= 11 is 6.21. The van der Waals surface area contributed by atoms with Crippen molar-refractivity contribution >= 4 is 23.4 Å². The fourth-order valence-corrected chi connectivity index (χ4v) is 2.84. The van der Waals surface area contributed by atoms with E-state index >= 15 is 0 Å². The van der Waals surface area contributed by atoms with Gasteiger partial charge in [-0.1, -0.05) is 77.4 Å². The van der Waals surface area contributed by atoms with Crippen molar-refractivity contribution in [3.63, 3.8) is 0 Å². The van der Waals surface area contributed by atoms with Crippen LogP contribution < -0.4 is 20.1 Å². The summed E-state index contributed by atoms with van der Waals surface area (Å²) in [7, 11) is 1.54. The standard InChI is InChI=1S/C25H33ClN2O4/c1-24(2,3)22(29)27-21(28-23(30)25(4,5)6)16-12-13-19(20(14-16)31-7)32-15-17-10-8-9-11-18(17)26/h8-14,21H,15H2,1-7H3,(H,27,29)(H,28,30). The Hall–Kier alpha value is -2.73. The van der Waals surface area contributed by atoms with Crippen molar-refractivity contribution in [2.75, 3.05) is 7.11 Å². The van der Waals surface area contributed by atoms with Crippen LogP contribution in [0.3, 0.4) is 0 Å². The first kappa shape index (κ1) is 25.5. The second kappa shape index (κ2) is 10.3. The molecule has 2 amide bonds. The fraction of sp³-hybridized carbons (Fsp3) is 0.440. The molecule has 0 aliphatic carbocycles. The summed E-state index contributed by atoms with van der Waals surface area (Å²) in [5.41, 5.74) is 0.287. The Morgan fingerprint density at radius 1 is 0.906 bits per heavy atom. The van der Waals surface area contributed by atoms with Crippen molar-refractivity contribution in [3.05, 3.63) is 58.6 Å². The van der Waals surface area contributed by atoms with E-state index < -0.39 is 17.0 Å². The molecule has 0 aliphatic heterocycles. The van der Waals surface area contributed by atoms with Crippen molar-refractivity contribution < 1.29 is 19.1 Å². The van der Waals surface area contributed by atoms with E-state index in [4.69, 9.17) is 21.1 Å². The quantitative estimate of drug-likeness (QED) is 0.553. The molecule has 0 bridgehead atoms. The number of ether oxygens (including phenoxy) is 2. The van der Waals surface area contributed by atoms with Gasteiger partial charge in [-0.2, -0.15) is 0 Å². The van der Waals surface area contributed by atoms with Crippen LogP contribution in [0.4, 0.5) is 0 Å². The van der Waals surface area contributed by atoms with Gasteiger partial charge >= 0.3 is 0 Å². The maximum absolute atomic E-state index is 12.7. The highest BCUT2D eigenvalue weighted by Gasteiger charge is 2.29. The molecular weight excluding hydrogens is 428 g/mol. The van der Waals surface area contributed by atoms with E-state index in [0.717, 1.165) is 5.56 Å². The zero-order chi connectivity index (χ0) is 24.1. The average molecular weight is 461 g/mol. The lowest BCUT2D eigenvalue weighted by Crippen LogP contribution is -2.47. The Bertz CT molecular complexity index is 933. The van der Waals surface area contributed by atoms with Crippen LogP contribution in [0.25, 0.3) is 0 Å². The number of hydrogen-bond donors (Lipinski definition) is 2. The van der Waals surface area contributed by atoms with Gasteiger partial charge in [0, 0.05) is 21.4 Å². The highest BCUT2D eigenvalue weighted by Crippen LogP contribution is 2.32. The number of rotatable bonds is 7. The molecule has 174 valence electrons. The summed E-state index contributed by atoms with van der Waals surface area (Å²) in [6, 6.07) is 12.7. The van der Waals surface area contributed by atoms with Gasteiger partial charge in [-0.05, 0) is 23.8 Å². The van der Waals surface area contributed by atoms with Crippen molar-refractivity contribution in [2.45, 2.75) is 54.3 Å². The number of hydrogen-bond acceptors (Lipinski definition) is 4. The number of carbonyl (C=O) groups is 2. The van der Waals surface area contributed by atoms with Crippen molar-refractivity contribution in [1.29, 1.82) is 0 Å². The highest BCUT2D eigenvalue weighted by atomic mass is 35.5. The topological polar surface area (TPSA) is 76.7 Å². The van der Waals surface area contributed by atoms with E-state index in [-0.39, 0.29) is 18.4 Å². The molecule has 0 radical (unpaired) electrons. The Morgan fingerprint density at radius 3 is 1.97 bits per heavy atom. The number of benzene rings is 2. The lowest BCUT2D eigenvalue weighted by Gasteiger charge is -2.28. The van der Waals surface area contributed by atoms with Crippen LogP contribution in [0, 0.1) is 10.8 Å². The largest absolute Gasteiger partial charge is 0.493 e. The molecule has 2 rings (SSSR count). The molecule has 0 fully saturated rings. The number of methoxy groups -OCH3 is 1. The van der Waals surface area contributed by atoms with Gasteiger partial charge < -0.3 is 20.1 Å².